The Kier molecular flexibility index (Phi) is 9.09. The summed E-state index contributed by atoms with van der Waals surface area (Å²) in [6.45, 7) is 4.85. The summed E-state index contributed by atoms with van der Waals surface area (Å²) in [5.41, 5.74) is 3.59. The summed E-state index contributed by atoms with van der Waals surface area (Å²) in [6, 6.07) is 24.7. The number of hydrogen-bond acceptors (Lipinski definition) is 4. The highest BCUT2D eigenvalue weighted by atomic mass is 16.3. The maximum absolute atomic E-state index is 13.7. The average Bonchev–Trinajstić information content (AvgIpc) is 2.93. The number of carbonyl (C=O) groups excluding carboxylic acids is 2. The monoisotopic (exact) mass is 510 g/mol. The molecule has 0 spiro atoms. The molecule has 38 heavy (non-hydrogen) atoms. The third-order valence-corrected chi connectivity index (χ3v) is 6.59. The number of fused-ring (bicyclic) bond motifs is 1. The minimum absolute atomic E-state index is 0.0451. The highest BCUT2D eigenvalue weighted by Gasteiger charge is 2.23. The van der Waals surface area contributed by atoms with Crippen LogP contribution in [-0.4, -0.2) is 34.7 Å². The van der Waals surface area contributed by atoms with Crippen LogP contribution in [0.3, 0.4) is 0 Å². The molecule has 0 saturated heterocycles. The lowest BCUT2D eigenvalue weighted by molar-refractivity contribution is -0.141. The minimum Gasteiger partial charge on any atom is -0.464 e. The van der Waals surface area contributed by atoms with E-state index in [1.807, 2.05) is 79.7 Å². The van der Waals surface area contributed by atoms with E-state index in [4.69, 9.17) is 4.42 Å². The summed E-state index contributed by atoms with van der Waals surface area (Å²) in [7, 11) is 0. The van der Waals surface area contributed by atoms with Gasteiger partial charge in [-0.1, -0.05) is 85.6 Å². The molecule has 1 heterocycles. The van der Waals surface area contributed by atoms with Crippen LogP contribution in [0.5, 0.6) is 0 Å². The van der Waals surface area contributed by atoms with Crippen molar-refractivity contribution >= 4 is 22.8 Å². The van der Waals surface area contributed by atoms with Crippen molar-refractivity contribution in [3.8, 4) is 0 Å². The van der Waals surface area contributed by atoms with Crippen LogP contribution in [0.1, 0.15) is 42.0 Å². The lowest BCUT2D eigenvalue weighted by Gasteiger charge is -2.28. The summed E-state index contributed by atoms with van der Waals surface area (Å²) < 4.78 is 5.75. The first-order chi connectivity index (χ1) is 18.4. The lowest BCUT2D eigenvalue weighted by atomic mass is 10.1. The summed E-state index contributed by atoms with van der Waals surface area (Å²) >= 11 is 0. The molecule has 0 unspecified atom stereocenters. The van der Waals surface area contributed by atoms with Crippen LogP contribution in [-0.2, 0) is 29.1 Å². The highest BCUT2D eigenvalue weighted by Crippen LogP contribution is 2.16. The van der Waals surface area contributed by atoms with Crippen molar-refractivity contribution in [1.82, 2.24) is 9.80 Å². The Balaban J connectivity index is 1.59. The van der Waals surface area contributed by atoms with Crippen molar-refractivity contribution in [2.75, 3.05) is 13.1 Å². The molecule has 4 aromatic rings. The summed E-state index contributed by atoms with van der Waals surface area (Å²) in [5, 5.41) is 0.497. The largest absolute Gasteiger partial charge is 0.464 e. The number of benzene rings is 3. The fourth-order valence-corrected chi connectivity index (χ4v) is 4.42. The summed E-state index contributed by atoms with van der Waals surface area (Å²) in [6.07, 6.45) is 3.40. The van der Waals surface area contributed by atoms with Crippen LogP contribution in [0.15, 0.2) is 94.3 Å². The SMILES string of the molecule is CCCCN(CC(=O)N(Cc1ccccc1)Cc1coc2ccc(C)cc2c1=O)C(=O)Cc1ccccc1. The Hall–Kier alpha value is -4.19. The van der Waals surface area contributed by atoms with Crippen molar-refractivity contribution in [1.29, 1.82) is 0 Å². The molecule has 6 nitrogen and oxygen atoms in total. The maximum atomic E-state index is 13.7. The zero-order valence-electron chi connectivity index (χ0n) is 22.1. The van der Waals surface area contributed by atoms with Gasteiger partial charge >= 0.3 is 0 Å². The first-order valence-electron chi connectivity index (χ1n) is 13.1. The average molecular weight is 511 g/mol. The van der Waals surface area contributed by atoms with E-state index in [0.717, 1.165) is 29.5 Å². The molecule has 0 aliphatic heterocycles. The molecular weight excluding hydrogens is 476 g/mol. The van der Waals surface area contributed by atoms with Crippen LogP contribution in [0, 0.1) is 6.92 Å². The molecule has 1 aromatic heterocycles. The fourth-order valence-electron chi connectivity index (χ4n) is 4.42. The van der Waals surface area contributed by atoms with E-state index >= 15 is 0 Å². The van der Waals surface area contributed by atoms with Crippen molar-refractivity contribution in [2.45, 2.75) is 46.2 Å². The molecule has 0 aliphatic carbocycles. The Morgan fingerprint density at radius 2 is 1.50 bits per heavy atom. The van der Waals surface area contributed by atoms with E-state index in [1.165, 1.54) is 6.26 Å². The number of unbranched alkanes of at least 4 members (excludes halogenated alkanes) is 1. The van der Waals surface area contributed by atoms with E-state index in [9.17, 15) is 14.4 Å². The summed E-state index contributed by atoms with van der Waals surface area (Å²) in [5.74, 6) is -0.298. The smallest absolute Gasteiger partial charge is 0.242 e. The molecular formula is C32H34N2O4. The predicted octanol–water partition coefficient (Wildman–Crippen LogP) is 5.50. The Labute approximate surface area is 223 Å². The van der Waals surface area contributed by atoms with Crippen LogP contribution < -0.4 is 5.43 Å². The molecule has 0 aliphatic rings. The second kappa shape index (κ2) is 12.9. The third kappa shape index (κ3) is 6.97. The van der Waals surface area contributed by atoms with E-state index in [2.05, 4.69) is 6.92 Å². The van der Waals surface area contributed by atoms with Crippen molar-refractivity contribution in [3.63, 3.8) is 0 Å². The van der Waals surface area contributed by atoms with Crippen LogP contribution in [0.4, 0.5) is 0 Å². The molecule has 0 atom stereocenters. The van der Waals surface area contributed by atoms with Crippen molar-refractivity contribution in [2.24, 2.45) is 0 Å². The number of carbonyl (C=O) groups is 2. The van der Waals surface area contributed by atoms with Gasteiger partial charge in [0.25, 0.3) is 0 Å². The van der Waals surface area contributed by atoms with Crippen molar-refractivity contribution in [3.05, 3.63) is 118 Å². The molecule has 3 aromatic carbocycles. The molecule has 0 bridgehead atoms. The molecule has 2 amide bonds. The van der Waals surface area contributed by atoms with Crippen LogP contribution in [0.2, 0.25) is 0 Å². The molecule has 0 saturated carbocycles. The van der Waals surface area contributed by atoms with Gasteiger partial charge in [-0.05, 0) is 36.6 Å². The standard InChI is InChI=1S/C32H34N2O4/c1-3-4-17-33(30(35)19-25-11-7-5-8-12-25)22-31(36)34(20-26-13-9-6-10-14-26)21-27-23-38-29-16-15-24(2)18-28(29)32(27)37/h5-16,18,23H,3-4,17,19-22H2,1-2H3. The number of nitrogens with zero attached hydrogens (tertiary/aromatic N) is 2. The highest BCUT2D eigenvalue weighted by molar-refractivity contribution is 5.86. The second-order valence-electron chi connectivity index (χ2n) is 9.66. The number of aryl methyl sites for hydroxylation is 1. The Morgan fingerprint density at radius 3 is 2.18 bits per heavy atom. The van der Waals surface area contributed by atoms with Gasteiger partial charge in [0.2, 0.25) is 11.8 Å². The van der Waals surface area contributed by atoms with Gasteiger partial charge < -0.3 is 14.2 Å². The number of amides is 2. The van der Waals surface area contributed by atoms with Gasteiger partial charge in [0.1, 0.15) is 5.58 Å². The van der Waals surface area contributed by atoms with Gasteiger partial charge in [-0.25, -0.2) is 0 Å². The topological polar surface area (TPSA) is 70.8 Å². The normalized spacial score (nSPS) is 10.9. The minimum atomic E-state index is -0.213. The zero-order valence-corrected chi connectivity index (χ0v) is 22.1. The van der Waals surface area contributed by atoms with E-state index < -0.39 is 0 Å². The maximum Gasteiger partial charge on any atom is 0.242 e. The molecule has 0 radical (unpaired) electrons. The van der Waals surface area contributed by atoms with Gasteiger partial charge in [0, 0.05) is 13.1 Å². The molecule has 0 fully saturated rings. The molecule has 6 heteroatoms. The van der Waals surface area contributed by atoms with Crippen LogP contribution >= 0.6 is 0 Å². The van der Waals surface area contributed by atoms with Gasteiger partial charge in [0.15, 0.2) is 5.43 Å². The van der Waals surface area contributed by atoms with Gasteiger partial charge in [0.05, 0.1) is 36.7 Å². The number of hydrogen-bond donors (Lipinski definition) is 0. The van der Waals surface area contributed by atoms with E-state index in [0.29, 0.717) is 29.6 Å². The lowest BCUT2D eigenvalue weighted by Crippen LogP contribution is -2.43. The van der Waals surface area contributed by atoms with Gasteiger partial charge in [-0.3, -0.25) is 14.4 Å². The Bertz CT molecular complexity index is 1430. The molecule has 0 N–H and O–H groups in total. The Morgan fingerprint density at radius 1 is 0.816 bits per heavy atom. The first-order valence-corrected chi connectivity index (χ1v) is 13.1. The predicted molar refractivity (Wildman–Crippen MR) is 150 cm³/mol. The van der Waals surface area contributed by atoms with E-state index in [-0.39, 0.29) is 36.8 Å². The summed E-state index contributed by atoms with van der Waals surface area (Å²) in [4.78, 5) is 43.5. The van der Waals surface area contributed by atoms with E-state index in [1.54, 1.807) is 15.9 Å². The number of rotatable bonds is 11. The molecule has 196 valence electrons. The second-order valence-corrected chi connectivity index (χ2v) is 9.66. The third-order valence-electron chi connectivity index (χ3n) is 6.59. The molecule has 4 rings (SSSR count). The van der Waals surface area contributed by atoms with Gasteiger partial charge in [-0.15, -0.1) is 0 Å². The van der Waals surface area contributed by atoms with Crippen molar-refractivity contribution < 1.29 is 14.0 Å². The fraction of sp³-hybridized carbons (Fsp3) is 0.281. The van der Waals surface area contributed by atoms with Crippen LogP contribution in [0.25, 0.3) is 11.0 Å². The van der Waals surface area contributed by atoms with Gasteiger partial charge in [-0.2, -0.15) is 0 Å². The zero-order chi connectivity index (χ0) is 26.9. The quantitative estimate of drug-likeness (QED) is 0.267. The first kappa shape index (κ1) is 26.9.